The summed E-state index contributed by atoms with van der Waals surface area (Å²) in [4.78, 5) is 5.52. The third kappa shape index (κ3) is 1.27. The molecule has 0 fully saturated rings. The standard InChI is InChI=1S/C12H10N2S/c1-9-13-7-12-14(9)11(8-15-12)10-5-3-2-4-6-10/h2-8H,1H3. The van der Waals surface area contributed by atoms with Gasteiger partial charge in [0.25, 0.3) is 0 Å². The van der Waals surface area contributed by atoms with Crippen LogP contribution in [0.25, 0.3) is 16.1 Å². The van der Waals surface area contributed by atoms with E-state index >= 15 is 0 Å². The number of hydrogen-bond acceptors (Lipinski definition) is 2. The number of rotatable bonds is 1. The van der Waals surface area contributed by atoms with Gasteiger partial charge in [0.15, 0.2) is 0 Å². The highest BCUT2D eigenvalue weighted by Crippen LogP contribution is 2.26. The van der Waals surface area contributed by atoms with Gasteiger partial charge in [0.05, 0.1) is 11.9 Å². The molecule has 3 rings (SSSR count). The van der Waals surface area contributed by atoms with E-state index in [-0.39, 0.29) is 0 Å². The Labute approximate surface area is 91.8 Å². The first-order valence-electron chi connectivity index (χ1n) is 4.83. The van der Waals surface area contributed by atoms with E-state index in [1.165, 1.54) is 16.1 Å². The zero-order valence-corrected chi connectivity index (χ0v) is 9.16. The molecule has 2 nitrogen and oxygen atoms in total. The number of nitrogens with zero attached hydrogens (tertiary/aromatic N) is 2. The van der Waals surface area contributed by atoms with Gasteiger partial charge in [-0.3, -0.25) is 4.40 Å². The summed E-state index contributed by atoms with van der Waals surface area (Å²) in [6.45, 7) is 2.03. The van der Waals surface area contributed by atoms with Crippen molar-refractivity contribution < 1.29 is 0 Å². The summed E-state index contributed by atoms with van der Waals surface area (Å²) >= 11 is 1.73. The van der Waals surface area contributed by atoms with Crippen LogP contribution in [0, 0.1) is 6.92 Å². The van der Waals surface area contributed by atoms with Crippen molar-refractivity contribution in [1.82, 2.24) is 9.38 Å². The van der Waals surface area contributed by atoms with Crippen LogP contribution in [0.5, 0.6) is 0 Å². The first-order chi connectivity index (χ1) is 7.36. The largest absolute Gasteiger partial charge is 0.287 e. The fourth-order valence-electron chi connectivity index (χ4n) is 1.77. The molecule has 15 heavy (non-hydrogen) atoms. The van der Waals surface area contributed by atoms with Crippen LogP contribution in [0.2, 0.25) is 0 Å². The number of aryl methyl sites for hydroxylation is 1. The Hall–Kier alpha value is -1.61. The Balaban J connectivity index is 2.31. The molecule has 1 aromatic carbocycles. The van der Waals surface area contributed by atoms with Crippen molar-refractivity contribution in [2.75, 3.05) is 0 Å². The van der Waals surface area contributed by atoms with Crippen LogP contribution in [0.15, 0.2) is 41.9 Å². The normalized spacial score (nSPS) is 11.0. The minimum absolute atomic E-state index is 1.05. The van der Waals surface area contributed by atoms with Gasteiger partial charge in [-0.15, -0.1) is 11.3 Å². The quantitative estimate of drug-likeness (QED) is 0.607. The van der Waals surface area contributed by atoms with E-state index in [4.69, 9.17) is 0 Å². The van der Waals surface area contributed by atoms with Gasteiger partial charge < -0.3 is 0 Å². The van der Waals surface area contributed by atoms with E-state index in [1.807, 2.05) is 19.2 Å². The fraction of sp³-hybridized carbons (Fsp3) is 0.0833. The second-order valence-electron chi connectivity index (χ2n) is 3.47. The van der Waals surface area contributed by atoms with E-state index in [0.717, 1.165) is 5.82 Å². The molecule has 0 aliphatic rings. The van der Waals surface area contributed by atoms with Crippen LogP contribution >= 0.6 is 11.3 Å². The second kappa shape index (κ2) is 3.21. The molecule has 2 aromatic heterocycles. The number of imidazole rings is 1. The molecule has 0 unspecified atom stereocenters. The maximum absolute atomic E-state index is 4.32. The molecule has 0 radical (unpaired) electrons. The zero-order chi connectivity index (χ0) is 10.3. The van der Waals surface area contributed by atoms with Crippen molar-refractivity contribution in [2.24, 2.45) is 0 Å². The van der Waals surface area contributed by atoms with Crippen LogP contribution < -0.4 is 0 Å². The van der Waals surface area contributed by atoms with Crippen molar-refractivity contribution in [3.05, 3.63) is 47.7 Å². The van der Waals surface area contributed by atoms with Crippen molar-refractivity contribution in [1.29, 1.82) is 0 Å². The maximum atomic E-state index is 4.32. The Morgan fingerprint density at radius 2 is 2.00 bits per heavy atom. The highest BCUT2D eigenvalue weighted by Gasteiger charge is 2.07. The fourth-order valence-corrected chi connectivity index (χ4v) is 2.70. The Bertz CT molecular complexity index is 592. The molecular weight excluding hydrogens is 204 g/mol. The molecule has 3 heteroatoms. The van der Waals surface area contributed by atoms with Gasteiger partial charge in [0.1, 0.15) is 10.7 Å². The molecule has 0 bridgehead atoms. The van der Waals surface area contributed by atoms with Crippen molar-refractivity contribution in [2.45, 2.75) is 6.92 Å². The SMILES string of the molecule is Cc1ncc2scc(-c3ccccc3)n12. The van der Waals surface area contributed by atoms with Crippen LogP contribution in [-0.2, 0) is 0 Å². The van der Waals surface area contributed by atoms with Gasteiger partial charge in [-0.05, 0) is 12.5 Å². The number of thiazole rings is 1. The molecule has 74 valence electrons. The molecule has 0 aliphatic heterocycles. The topological polar surface area (TPSA) is 17.3 Å². The van der Waals surface area contributed by atoms with Crippen LogP contribution in [0.4, 0.5) is 0 Å². The van der Waals surface area contributed by atoms with Crippen molar-refractivity contribution in [3.63, 3.8) is 0 Å². The van der Waals surface area contributed by atoms with Crippen molar-refractivity contribution >= 4 is 16.2 Å². The third-order valence-corrected chi connectivity index (χ3v) is 3.38. The Morgan fingerprint density at radius 3 is 2.80 bits per heavy atom. The molecule has 0 spiro atoms. The van der Waals surface area contributed by atoms with Gasteiger partial charge in [-0.1, -0.05) is 30.3 Å². The predicted octanol–water partition coefficient (Wildman–Crippen LogP) is 3.37. The van der Waals surface area contributed by atoms with Gasteiger partial charge in [-0.2, -0.15) is 0 Å². The average Bonchev–Trinajstić information content (AvgIpc) is 2.84. The third-order valence-electron chi connectivity index (χ3n) is 2.51. The lowest BCUT2D eigenvalue weighted by molar-refractivity contribution is 1.06. The number of benzene rings is 1. The molecule has 0 aliphatic carbocycles. The van der Waals surface area contributed by atoms with Crippen LogP contribution in [-0.4, -0.2) is 9.38 Å². The number of aromatic nitrogens is 2. The van der Waals surface area contributed by atoms with Gasteiger partial charge in [-0.25, -0.2) is 4.98 Å². The van der Waals surface area contributed by atoms with Crippen molar-refractivity contribution in [3.8, 4) is 11.3 Å². The summed E-state index contributed by atoms with van der Waals surface area (Å²) in [5.41, 5.74) is 2.47. The molecule has 0 amide bonds. The number of hydrogen-bond donors (Lipinski definition) is 0. The molecule has 0 saturated carbocycles. The van der Waals surface area contributed by atoms with E-state index in [9.17, 15) is 0 Å². The zero-order valence-electron chi connectivity index (χ0n) is 8.34. The monoisotopic (exact) mass is 214 g/mol. The Morgan fingerprint density at radius 1 is 1.20 bits per heavy atom. The van der Waals surface area contributed by atoms with Crippen LogP contribution in [0.3, 0.4) is 0 Å². The lowest BCUT2D eigenvalue weighted by Gasteiger charge is -2.00. The molecule has 2 heterocycles. The molecule has 0 atom stereocenters. The first-order valence-corrected chi connectivity index (χ1v) is 5.71. The van der Waals surface area contributed by atoms with Gasteiger partial charge in [0.2, 0.25) is 0 Å². The lowest BCUT2D eigenvalue weighted by atomic mass is 10.2. The molecule has 3 aromatic rings. The second-order valence-corrected chi connectivity index (χ2v) is 4.36. The highest BCUT2D eigenvalue weighted by atomic mass is 32.1. The van der Waals surface area contributed by atoms with Gasteiger partial charge in [0, 0.05) is 5.38 Å². The van der Waals surface area contributed by atoms with Crippen LogP contribution in [0.1, 0.15) is 5.82 Å². The highest BCUT2D eigenvalue weighted by molar-refractivity contribution is 7.15. The summed E-state index contributed by atoms with van der Waals surface area (Å²) in [5, 5.41) is 2.18. The average molecular weight is 214 g/mol. The van der Waals surface area contributed by atoms with E-state index in [0.29, 0.717) is 0 Å². The minimum atomic E-state index is 1.05. The molecule has 0 saturated heterocycles. The summed E-state index contributed by atoms with van der Waals surface area (Å²) in [6.07, 6.45) is 1.92. The van der Waals surface area contributed by atoms with E-state index in [2.05, 4.69) is 39.0 Å². The predicted molar refractivity (Wildman–Crippen MR) is 63.2 cm³/mol. The lowest BCUT2D eigenvalue weighted by Crippen LogP contribution is -1.88. The molecular formula is C12H10N2S. The summed E-state index contributed by atoms with van der Waals surface area (Å²) in [6, 6.07) is 10.4. The minimum Gasteiger partial charge on any atom is -0.287 e. The van der Waals surface area contributed by atoms with E-state index < -0.39 is 0 Å². The van der Waals surface area contributed by atoms with Gasteiger partial charge >= 0.3 is 0 Å². The first kappa shape index (κ1) is 8.68. The summed E-state index contributed by atoms with van der Waals surface area (Å²) in [5.74, 6) is 1.05. The number of fused-ring (bicyclic) bond motifs is 1. The maximum Gasteiger partial charge on any atom is 0.120 e. The summed E-state index contributed by atoms with van der Waals surface area (Å²) in [7, 11) is 0. The summed E-state index contributed by atoms with van der Waals surface area (Å²) < 4.78 is 2.19. The van der Waals surface area contributed by atoms with E-state index in [1.54, 1.807) is 11.3 Å². The smallest absolute Gasteiger partial charge is 0.120 e. The Kier molecular flexibility index (Phi) is 1.86. The molecule has 0 N–H and O–H groups in total.